The molecule has 1 aromatic heterocycles. The fraction of sp³-hybridized carbons (Fsp3) is 0.439. The van der Waals surface area contributed by atoms with E-state index in [9.17, 15) is 0 Å². The van der Waals surface area contributed by atoms with Gasteiger partial charge in [0.15, 0.2) is 0 Å². The number of hydrogen-bond donors (Lipinski definition) is 1. The van der Waals surface area contributed by atoms with Gasteiger partial charge in [-0.05, 0) is 78.9 Å². The van der Waals surface area contributed by atoms with Crippen molar-refractivity contribution >= 4 is 39.2 Å². The first-order chi connectivity index (χ1) is 23.4. The average molecular weight is 656 g/mol. The number of aryl methyl sites for hydroxylation is 1. The van der Waals surface area contributed by atoms with Gasteiger partial charge >= 0.3 is 0 Å². The summed E-state index contributed by atoms with van der Waals surface area (Å²) < 4.78 is 4.59. The molecular formula is C41H53B2N4S+. The summed E-state index contributed by atoms with van der Waals surface area (Å²) in [4.78, 5) is 4.74. The van der Waals surface area contributed by atoms with Crippen LogP contribution in [0.5, 0.6) is 0 Å². The van der Waals surface area contributed by atoms with Gasteiger partial charge in [-0.3, -0.25) is 0 Å². The summed E-state index contributed by atoms with van der Waals surface area (Å²) in [6, 6.07) is 15.3. The third kappa shape index (κ3) is 11.1. The van der Waals surface area contributed by atoms with Crippen molar-refractivity contribution < 1.29 is 4.57 Å². The Balaban J connectivity index is 1.08. The highest BCUT2D eigenvalue weighted by molar-refractivity contribution is 7.80. The zero-order chi connectivity index (χ0) is 33.7. The van der Waals surface area contributed by atoms with E-state index in [2.05, 4.69) is 131 Å². The molecule has 0 saturated heterocycles. The molecule has 3 heterocycles. The quantitative estimate of drug-likeness (QED) is 0.0699. The Morgan fingerprint density at radius 2 is 1.27 bits per heavy atom. The van der Waals surface area contributed by atoms with E-state index in [-0.39, 0.29) is 6.04 Å². The molecular weight excluding hydrogens is 602 g/mol. The fourth-order valence-corrected chi connectivity index (χ4v) is 7.05. The molecule has 0 amide bonds. The van der Waals surface area contributed by atoms with Crippen molar-refractivity contribution in [3.05, 3.63) is 126 Å². The minimum Gasteiger partial charge on any atom is -0.367 e. The van der Waals surface area contributed by atoms with Crippen LogP contribution in [0.3, 0.4) is 0 Å². The zero-order valence-corrected chi connectivity index (χ0v) is 30.1. The van der Waals surface area contributed by atoms with Gasteiger partial charge in [0.25, 0.3) is 0 Å². The second-order valence-electron chi connectivity index (χ2n) is 13.8. The van der Waals surface area contributed by atoms with Crippen LogP contribution in [0.1, 0.15) is 88.3 Å². The Morgan fingerprint density at radius 3 is 1.90 bits per heavy atom. The molecule has 0 N–H and O–H groups in total. The van der Waals surface area contributed by atoms with Crippen molar-refractivity contribution in [3.63, 3.8) is 0 Å². The highest BCUT2D eigenvalue weighted by Gasteiger charge is 2.19. The van der Waals surface area contributed by atoms with Crippen molar-refractivity contribution in [2.45, 2.75) is 110 Å². The van der Waals surface area contributed by atoms with Crippen molar-refractivity contribution in [3.8, 4) is 0 Å². The van der Waals surface area contributed by atoms with E-state index in [0.717, 1.165) is 42.9 Å². The molecule has 4 radical (unpaired) electrons. The Labute approximate surface area is 298 Å². The minimum absolute atomic E-state index is 0.274. The lowest BCUT2D eigenvalue weighted by Gasteiger charge is -2.32. The van der Waals surface area contributed by atoms with E-state index in [1.54, 1.807) is 0 Å². The van der Waals surface area contributed by atoms with Gasteiger partial charge < -0.3 is 9.80 Å². The van der Waals surface area contributed by atoms with Crippen LogP contribution in [0.15, 0.2) is 109 Å². The van der Waals surface area contributed by atoms with Gasteiger partial charge in [-0.15, -0.1) is 0 Å². The Bertz CT molecular complexity index is 1590. The Kier molecular flexibility index (Phi) is 13.8. The van der Waals surface area contributed by atoms with Crippen LogP contribution in [0, 0.1) is 0 Å². The van der Waals surface area contributed by atoms with Crippen molar-refractivity contribution in [1.82, 2.24) is 14.4 Å². The lowest BCUT2D eigenvalue weighted by Crippen LogP contribution is -2.33. The Hall–Kier alpha value is -3.31. The normalized spacial score (nSPS) is 17.6. The van der Waals surface area contributed by atoms with Crippen molar-refractivity contribution in [1.29, 1.82) is 0 Å². The molecule has 0 bridgehead atoms. The summed E-state index contributed by atoms with van der Waals surface area (Å²) in [6.07, 6.45) is 32.3. The van der Waals surface area contributed by atoms with Gasteiger partial charge in [0.2, 0.25) is 6.33 Å². The molecule has 0 spiro atoms. The SMILES string of the molecule is [B]c1cccc(CN2C=CC(C3=CC(C)N(Cc4cc([B])cc(C[n+]5ccn(CCCCCCCCCCCS)c5)c4)C=C3)=CC2C)c1. The largest absolute Gasteiger partial charge is 0.367 e. The predicted octanol–water partition coefficient (Wildman–Crippen LogP) is 6.84. The van der Waals surface area contributed by atoms with Crippen LogP contribution in [0.25, 0.3) is 0 Å². The first kappa shape index (κ1) is 36.0. The van der Waals surface area contributed by atoms with E-state index >= 15 is 0 Å². The Morgan fingerprint density at radius 1 is 0.688 bits per heavy atom. The number of unbranched alkanes of at least 4 members (excludes halogenated alkanes) is 8. The van der Waals surface area contributed by atoms with Crippen molar-refractivity contribution in [2.24, 2.45) is 0 Å². The van der Waals surface area contributed by atoms with Crippen LogP contribution in [-0.4, -0.2) is 47.9 Å². The topological polar surface area (TPSA) is 15.3 Å². The number of thiol groups is 1. The van der Waals surface area contributed by atoms with Gasteiger partial charge in [0.1, 0.15) is 34.6 Å². The number of nitrogens with zero attached hydrogens (tertiary/aromatic N) is 4. The monoisotopic (exact) mass is 655 g/mol. The molecule has 5 rings (SSSR count). The van der Waals surface area contributed by atoms with Crippen LogP contribution in [0.4, 0.5) is 0 Å². The molecule has 2 aliphatic rings. The lowest BCUT2D eigenvalue weighted by molar-refractivity contribution is -0.687. The number of aromatic nitrogens is 2. The summed E-state index contributed by atoms with van der Waals surface area (Å²) in [6.45, 7) is 8.08. The molecule has 2 atom stereocenters. The van der Waals surface area contributed by atoms with Crippen LogP contribution >= 0.6 is 12.6 Å². The van der Waals surface area contributed by atoms with E-state index in [1.165, 1.54) is 85.6 Å². The van der Waals surface area contributed by atoms with E-state index < -0.39 is 0 Å². The first-order valence-electron chi connectivity index (χ1n) is 18.1. The lowest BCUT2D eigenvalue weighted by atomic mass is 9.91. The first-order valence-corrected chi connectivity index (χ1v) is 18.7. The summed E-state index contributed by atoms with van der Waals surface area (Å²) in [5.41, 5.74) is 7.88. The summed E-state index contributed by atoms with van der Waals surface area (Å²) in [7, 11) is 12.4. The molecule has 2 aliphatic heterocycles. The highest BCUT2D eigenvalue weighted by Crippen LogP contribution is 2.27. The van der Waals surface area contributed by atoms with Gasteiger partial charge in [0.05, 0.1) is 6.54 Å². The summed E-state index contributed by atoms with van der Waals surface area (Å²) in [5.74, 6) is 1.03. The van der Waals surface area contributed by atoms with Gasteiger partial charge in [-0.2, -0.15) is 12.6 Å². The average Bonchev–Trinajstić information content (AvgIpc) is 3.50. The molecule has 0 saturated carbocycles. The van der Waals surface area contributed by atoms with Gasteiger partial charge in [0, 0.05) is 37.6 Å². The molecule has 48 heavy (non-hydrogen) atoms. The van der Waals surface area contributed by atoms with Gasteiger partial charge in [-0.25, -0.2) is 9.13 Å². The molecule has 2 unspecified atom stereocenters. The second kappa shape index (κ2) is 18.5. The van der Waals surface area contributed by atoms with Crippen LogP contribution < -0.4 is 15.5 Å². The fourth-order valence-electron chi connectivity index (χ4n) is 6.83. The maximum atomic E-state index is 6.41. The molecule has 248 valence electrons. The smallest absolute Gasteiger partial charge is 0.244 e. The molecule has 0 fully saturated rings. The molecule has 3 aromatic rings. The standard InChI is InChI=1S/C41H52B2N4S/c1-33-23-38(15-18-46(33)30-35-13-12-14-40(42)26-35)39-16-19-47(34(2)24-39)31-37-25-36(27-41(43)28-37)29-45-21-20-44(32-45)17-10-8-6-4-3-5-7-9-11-22-48/h12-16,18-21,23-28,32-34H,3-11,17,22,29-31H2,1-2H3/p+1. The zero-order valence-electron chi connectivity index (χ0n) is 29.2. The van der Waals surface area contributed by atoms with Crippen LogP contribution in [-0.2, 0) is 26.2 Å². The number of rotatable bonds is 18. The number of hydrogen-bond acceptors (Lipinski definition) is 3. The number of imidazole rings is 1. The third-order valence-electron chi connectivity index (χ3n) is 9.55. The van der Waals surface area contributed by atoms with E-state index in [0.29, 0.717) is 6.04 Å². The van der Waals surface area contributed by atoms with Crippen LogP contribution in [0.2, 0.25) is 0 Å². The molecule has 0 aliphatic carbocycles. The number of benzene rings is 2. The van der Waals surface area contributed by atoms with E-state index in [4.69, 9.17) is 15.7 Å². The maximum Gasteiger partial charge on any atom is 0.244 e. The van der Waals surface area contributed by atoms with E-state index in [1.807, 2.05) is 12.1 Å². The predicted molar refractivity (Wildman–Crippen MR) is 207 cm³/mol. The van der Waals surface area contributed by atoms with Gasteiger partial charge in [-0.1, -0.05) is 104 Å². The second-order valence-corrected chi connectivity index (χ2v) is 14.2. The maximum absolute atomic E-state index is 6.41. The third-order valence-corrected chi connectivity index (χ3v) is 9.87. The number of allylic oxidation sites excluding steroid dienone is 4. The molecule has 2 aromatic carbocycles. The molecule has 7 heteroatoms. The summed E-state index contributed by atoms with van der Waals surface area (Å²) >= 11 is 4.30. The summed E-state index contributed by atoms with van der Waals surface area (Å²) in [5, 5.41) is 0. The molecule has 4 nitrogen and oxygen atoms in total. The highest BCUT2D eigenvalue weighted by atomic mass is 32.1. The van der Waals surface area contributed by atoms with Crippen molar-refractivity contribution in [2.75, 3.05) is 5.75 Å². The minimum atomic E-state index is 0.274.